The van der Waals surface area contributed by atoms with Gasteiger partial charge in [0.1, 0.15) is 0 Å². The van der Waals surface area contributed by atoms with Crippen molar-refractivity contribution in [3.05, 3.63) is 24.0 Å². The summed E-state index contributed by atoms with van der Waals surface area (Å²) >= 11 is 0. The molecule has 0 atom stereocenters. The Hall–Kier alpha value is -1.33. The summed E-state index contributed by atoms with van der Waals surface area (Å²) in [4.78, 5) is 11.7. The molecule has 2 N–H and O–H groups in total. The van der Waals surface area contributed by atoms with Crippen molar-refractivity contribution in [1.29, 1.82) is 0 Å². The van der Waals surface area contributed by atoms with Gasteiger partial charge in [-0.15, -0.1) is 0 Å². The van der Waals surface area contributed by atoms with E-state index in [0.29, 0.717) is 25.7 Å². The quantitative estimate of drug-likeness (QED) is 0.800. The van der Waals surface area contributed by atoms with E-state index in [1.54, 1.807) is 0 Å². The standard InChI is InChI=1S/C14H23N3O2/c1-17-9-2-3-12(17)11-16-14(18)6-10-19-13-4-7-15-8-5-13/h2-3,9,13,15H,4-8,10-11H2,1H3,(H,16,18). The van der Waals surface area contributed by atoms with E-state index in [1.807, 2.05) is 29.9 Å². The molecule has 1 aliphatic rings. The second kappa shape index (κ2) is 7.31. The third-order valence-corrected chi connectivity index (χ3v) is 3.49. The Kier molecular flexibility index (Phi) is 5.42. The number of hydrogen-bond donors (Lipinski definition) is 2. The van der Waals surface area contributed by atoms with Crippen LogP contribution in [0.1, 0.15) is 25.0 Å². The van der Waals surface area contributed by atoms with Gasteiger partial charge in [0.2, 0.25) is 5.91 Å². The molecule has 1 aromatic heterocycles. The van der Waals surface area contributed by atoms with E-state index in [2.05, 4.69) is 10.6 Å². The fraction of sp³-hybridized carbons (Fsp3) is 0.643. The number of ether oxygens (including phenoxy) is 1. The summed E-state index contributed by atoms with van der Waals surface area (Å²) < 4.78 is 7.71. The van der Waals surface area contributed by atoms with E-state index < -0.39 is 0 Å². The average Bonchev–Trinajstić information content (AvgIpc) is 2.83. The van der Waals surface area contributed by atoms with E-state index in [-0.39, 0.29) is 5.91 Å². The first-order valence-corrected chi connectivity index (χ1v) is 6.95. The Morgan fingerprint density at radius 1 is 1.53 bits per heavy atom. The third-order valence-electron chi connectivity index (χ3n) is 3.49. The number of nitrogens with zero attached hydrogens (tertiary/aromatic N) is 1. The smallest absolute Gasteiger partial charge is 0.222 e. The molecule has 5 heteroatoms. The van der Waals surface area contributed by atoms with Gasteiger partial charge in [0.25, 0.3) is 0 Å². The molecule has 2 heterocycles. The van der Waals surface area contributed by atoms with E-state index in [0.717, 1.165) is 31.6 Å². The van der Waals surface area contributed by atoms with Crippen LogP contribution >= 0.6 is 0 Å². The first-order chi connectivity index (χ1) is 9.25. The van der Waals surface area contributed by atoms with Gasteiger partial charge < -0.3 is 19.9 Å². The van der Waals surface area contributed by atoms with Gasteiger partial charge in [0, 0.05) is 25.4 Å². The second-order valence-electron chi connectivity index (χ2n) is 4.96. The summed E-state index contributed by atoms with van der Waals surface area (Å²) in [6.07, 6.45) is 4.83. The van der Waals surface area contributed by atoms with Crippen LogP contribution in [-0.2, 0) is 23.1 Å². The van der Waals surface area contributed by atoms with Crippen molar-refractivity contribution in [2.75, 3.05) is 19.7 Å². The van der Waals surface area contributed by atoms with Crippen molar-refractivity contribution in [3.63, 3.8) is 0 Å². The number of piperidine rings is 1. The van der Waals surface area contributed by atoms with E-state index in [4.69, 9.17) is 4.74 Å². The molecule has 0 saturated carbocycles. The zero-order valence-electron chi connectivity index (χ0n) is 11.5. The zero-order chi connectivity index (χ0) is 13.5. The van der Waals surface area contributed by atoms with Gasteiger partial charge >= 0.3 is 0 Å². The van der Waals surface area contributed by atoms with Crippen LogP contribution in [0.4, 0.5) is 0 Å². The summed E-state index contributed by atoms with van der Waals surface area (Å²) in [5.74, 6) is 0.0511. The molecule has 0 spiro atoms. The maximum atomic E-state index is 11.7. The van der Waals surface area contributed by atoms with Gasteiger partial charge in [-0.2, -0.15) is 0 Å². The van der Waals surface area contributed by atoms with Crippen LogP contribution in [0.25, 0.3) is 0 Å². The Balaban J connectivity index is 1.58. The summed E-state index contributed by atoms with van der Waals surface area (Å²) in [7, 11) is 1.97. The molecule has 1 aromatic rings. The summed E-state index contributed by atoms with van der Waals surface area (Å²) in [6, 6.07) is 3.98. The predicted molar refractivity (Wildman–Crippen MR) is 73.7 cm³/mol. The number of carbonyl (C=O) groups excluding carboxylic acids is 1. The lowest BCUT2D eigenvalue weighted by Gasteiger charge is -2.22. The van der Waals surface area contributed by atoms with Gasteiger partial charge in [0.15, 0.2) is 0 Å². The van der Waals surface area contributed by atoms with Crippen molar-refractivity contribution in [3.8, 4) is 0 Å². The van der Waals surface area contributed by atoms with Crippen LogP contribution in [0.5, 0.6) is 0 Å². The van der Waals surface area contributed by atoms with E-state index >= 15 is 0 Å². The molecule has 5 nitrogen and oxygen atoms in total. The Morgan fingerprint density at radius 3 is 3.00 bits per heavy atom. The normalized spacial score (nSPS) is 16.5. The lowest BCUT2D eigenvalue weighted by Crippen LogP contribution is -2.33. The highest BCUT2D eigenvalue weighted by Gasteiger charge is 2.13. The van der Waals surface area contributed by atoms with Crippen LogP contribution in [0.3, 0.4) is 0 Å². The van der Waals surface area contributed by atoms with Crippen LogP contribution in [-0.4, -0.2) is 36.3 Å². The molecule has 1 aliphatic heterocycles. The lowest BCUT2D eigenvalue weighted by atomic mass is 10.1. The molecule has 0 aliphatic carbocycles. The van der Waals surface area contributed by atoms with Crippen molar-refractivity contribution in [1.82, 2.24) is 15.2 Å². The number of aryl methyl sites for hydroxylation is 1. The predicted octanol–water partition coefficient (Wildman–Crippen LogP) is 0.800. The van der Waals surface area contributed by atoms with Gasteiger partial charge in [-0.05, 0) is 38.1 Å². The summed E-state index contributed by atoms with van der Waals surface area (Å²) in [5.41, 5.74) is 1.10. The molecule has 1 saturated heterocycles. The molecule has 19 heavy (non-hydrogen) atoms. The van der Waals surface area contributed by atoms with Crippen molar-refractivity contribution < 1.29 is 9.53 Å². The fourth-order valence-corrected chi connectivity index (χ4v) is 2.24. The molecule has 0 unspecified atom stereocenters. The second-order valence-corrected chi connectivity index (χ2v) is 4.96. The van der Waals surface area contributed by atoms with Crippen LogP contribution < -0.4 is 10.6 Å². The summed E-state index contributed by atoms with van der Waals surface area (Å²) in [6.45, 7) is 3.13. The monoisotopic (exact) mass is 265 g/mol. The molecular formula is C14H23N3O2. The van der Waals surface area contributed by atoms with Crippen LogP contribution in [0.15, 0.2) is 18.3 Å². The Labute approximate surface area is 114 Å². The van der Waals surface area contributed by atoms with Crippen molar-refractivity contribution in [2.24, 2.45) is 7.05 Å². The number of aromatic nitrogens is 1. The SMILES string of the molecule is Cn1cccc1CNC(=O)CCOC1CCNCC1. The molecule has 0 radical (unpaired) electrons. The average molecular weight is 265 g/mol. The summed E-state index contributed by atoms with van der Waals surface area (Å²) in [5, 5.41) is 6.21. The number of carbonyl (C=O) groups is 1. The number of hydrogen-bond acceptors (Lipinski definition) is 3. The zero-order valence-corrected chi connectivity index (χ0v) is 11.5. The number of amides is 1. The van der Waals surface area contributed by atoms with Crippen molar-refractivity contribution >= 4 is 5.91 Å². The topological polar surface area (TPSA) is 55.3 Å². The fourth-order valence-electron chi connectivity index (χ4n) is 2.24. The van der Waals surface area contributed by atoms with E-state index in [1.165, 1.54) is 0 Å². The van der Waals surface area contributed by atoms with Gasteiger partial charge in [-0.3, -0.25) is 4.79 Å². The first kappa shape index (κ1) is 14.1. The Morgan fingerprint density at radius 2 is 2.32 bits per heavy atom. The maximum absolute atomic E-state index is 11.7. The lowest BCUT2D eigenvalue weighted by molar-refractivity contribution is -0.122. The van der Waals surface area contributed by atoms with Gasteiger partial charge in [-0.1, -0.05) is 0 Å². The highest BCUT2D eigenvalue weighted by Crippen LogP contribution is 2.07. The molecular weight excluding hydrogens is 242 g/mol. The molecule has 1 amide bonds. The molecule has 0 bridgehead atoms. The third kappa shape index (κ3) is 4.69. The first-order valence-electron chi connectivity index (χ1n) is 6.95. The minimum Gasteiger partial charge on any atom is -0.378 e. The largest absolute Gasteiger partial charge is 0.378 e. The van der Waals surface area contributed by atoms with E-state index in [9.17, 15) is 4.79 Å². The molecule has 106 valence electrons. The number of nitrogens with one attached hydrogen (secondary N) is 2. The van der Waals surface area contributed by atoms with Crippen LogP contribution in [0.2, 0.25) is 0 Å². The van der Waals surface area contributed by atoms with Crippen LogP contribution in [0, 0.1) is 0 Å². The highest BCUT2D eigenvalue weighted by atomic mass is 16.5. The maximum Gasteiger partial charge on any atom is 0.222 e. The minimum atomic E-state index is 0.0511. The molecule has 0 aromatic carbocycles. The number of rotatable bonds is 6. The minimum absolute atomic E-state index is 0.0511. The Bertz CT molecular complexity index is 397. The highest BCUT2D eigenvalue weighted by molar-refractivity contribution is 5.75. The molecule has 1 fully saturated rings. The molecule has 2 rings (SSSR count). The van der Waals surface area contributed by atoms with Crippen molar-refractivity contribution in [2.45, 2.75) is 31.9 Å². The van der Waals surface area contributed by atoms with Gasteiger partial charge in [-0.25, -0.2) is 0 Å². The van der Waals surface area contributed by atoms with Gasteiger partial charge in [0.05, 0.1) is 19.3 Å².